The standard InChI is InChI=1S/C12H13NO3/c1-7-4-9-8(11(5-7)16-3)6-10(12(14)15)13(9)2/h4-6H,1-3H3,(H,14,15). The second-order valence-electron chi connectivity index (χ2n) is 3.79. The van der Waals surface area contributed by atoms with Crippen LogP contribution in [-0.4, -0.2) is 22.8 Å². The van der Waals surface area contributed by atoms with E-state index in [1.54, 1.807) is 24.8 Å². The number of benzene rings is 1. The minimum absolute atomic E-state index is 0.263. The summed E-state index contributed by atoms with van der Waals surface area (Å²) in [5, 5.41) is 9.86. The molecule has 1 aromatic carbocycles. The van der Waals surface area contributed by atoms with Gasteiger partial charge < -0.3 is 14.4 Å². The van der Waals surface area contributed by atoms with Crippen LogP contribution in [0.15, 0.2) is 18.2 Å². The number of fused-ring (bicyclic) bond motifs is 1. The number of aromatic nitrogens is 1. The number of carboxylic acid groups (broad SMARTS) is 1. The fraction of sp³-hybridized carbons (Fsp3) is 0.250. The van der Waals surface area contributed by atoms with Gasteiger partial charge in [0.2, 0.25) is 0 Å². The van der Waals surface area contributed by atoms with Crippen LogP contribution in [0, 0.1) is 6.92 Å². The molecule has 0 aliphatic carbocycles. The maximum atomic E-state index is 11.0. The lowest BCUT2D eigenvalue weighted by Crippen LogP contribution is -2.03. The molecule has 4 heteroatoms. The zero-order valence-electron chi connectivity index (χ0n) is 9.44. The summed E-state index contributed by atoms with van der Waals surface area (Å²) in [5.74, 6) is -0.225. The number of carboxylic acids is 1. The number of rotatable bonds is 2. The molecule has 0 amide bonds. The first-order valence-electron chi connectivity index (χ1n) is 4.92. The van der Waals surface area contributed by atoms with Crippen molar-refractivity contribution >= 4 is 16.9 Å². The van der Waals surface area contributed by atoms with E-state index in [4.69, 9.17) is 9.84 Å². The van der Waals surface area contributed by atoms with Crippen molar-refractivity contribution < 1.29 is 14.6 Å². The third-order valence-corrected chi connectivity index (χ3v) is 2.71. The minimum atomic E-state index is -0.932. The molecule has 0 spiro atoms. The lowest BCUT2D eigenvalue weighted by Gasteiger charge is -2.04. The molecule has 2 aromatic rings. The van der Waals surface area contributed by atoms with Crippen LogP contribution >= 0.6 is 0 Å². The molecule has 0 aliphatic rings. The Morgan fingerprint density at radius 3 is 2.62 bits per heavy atom. The van der Waals surface area contributed by atoms with Gasteiger partial charge >= 0.3 is 5.97 Å². The van der Waals surface area contributed by atoms with Gasteiger partial charge in [0.15, 0.2) is 0 Å². The molecule has 1 heterocycles. The molecule has 16 heavy (non-hydrogen) atoms. The third kappa shape index (κ3) is 1.43. The molecule has 0 saturated heterocycles. The van der Waals surface area contributed by atoms with Gasteiger partial charge in [-0.15, -0.1) is 0 Å². The Labute approximate surface area is 93.1 Å². The van der Waals surface area contributed by atoms with E-state index >= 15 is 0 Å². The van der Waals surface area contributed by atoms with Crippen molar-refractivity contribution in [2.75, 3.05) is 7.11 Å². The highest BCUT2D eigenvalue weighted by atomic mass is 16.5. The number of nitrogens with zero attached hydrogens (tertiary/aromatic N) is 1. The molecule has 2 rings (SSSR count). The smallest absolute Gasteiger partial charge is 0.352 e. The number of hydrogen-bond donors (Lipinski definition) is 1. The Morgan fingerprint density at radius 1 is 1.38 bits per heavy atom. The van der Waals surface area contributed by atoms with E-state index in [9.17, 15) is 4.79 Å². The van der Waals surface area contributed by atoms with Gasteiger partial charge in [-0.25, -0.2) is 4.79 Å². The monoisotopic (exact) mass is 219 g/mol. The molecule has 84 valence electrons. The highest BCUT2D eigenvalue weighted by Crippen LogP contribution is 2.29. The molecule has 0 bridgehead atoms. The zero-order valence-corrected chi connectivity index (χ0v) is 9.44. The molecule has 0 radical (unpaired) electrons. The maximum Gasteiger partial charge on any atom is 0.352 e. The normalized spacial score (nSPS) is 10.7. The first-order valence-corrected chi connectivity index (χ1v) is 4.92. The summed E-state index contributed by atoms with van der Waals surface area (Å²) in [6, 6.07) is 5.48. The highest BCUT2D eigenvalue weighted by Gasteiger charge is 2.14. The van der Waals surface area contributed by atoms with Crippen LogP contribution in [0.1, 0.15) is 16.1 Å². The lowest BCUT2D eigenvalue weighted by molar-refractivity contribution is 0.0687. The molecule has 0 fully saturated rings. The van der Waals surface area contributed by atoms with Crippen molar-refractivity contribution in [2.24, 2.45) is 7.05 Å². The zero-order chi connectivity index (χ0) is 11.9. The fourth-order valence-electron chi connectivity index (χ4n) is 1.91. The van der Waals surface area contributed by atoms with Crippen LogP contribution in [0.2, 0.25) is 0 Å². The first kappa shape index (κ1) is 10.5. The van der Waals surface area contributed by atoms with E-state index in [1.165, 1.54) is 0 Å². The van der Waals surface area contributed by atoms with Crippen molar-refractivity contribution in [1.82, 2.24) is 4.57 Å². The quantitative estimate of drug-likeness (QED) is 0.842. The van der Waals surface area contributed by atoms with Gasteiger partial charge in [-0.3, -0.25) is 0 Å². The topological polar surface area (TPSA) is 51.5 Å². The van der Waals surface area contributed by atoms with Crippen molar-refractivity contribution in [3.63, 3.8) is 0 Å². The van der Waals surface area contributed by atoms with Gasteiger partial charge in [0.05, 0.1) is 12.6 Å². The largest absolute Gasteiger partial charge is 0.496 e. The Hall–Kier alpha value is -1.97. The van der Waals surface area contributed by atoms with Crippen molar-refractivity contribution in [2.45, 2.75) is 6.92 Å². The molecular formula is C12H13NO3. The number of aryl methyl sites for hydroxylation is 2. The van der Waals surface area contributed by atoms with E-state index in [0.29, 0.717) is 5.75 Å². The van der Waals surface area contributed by atoms with Gasteiger partial charge in [0, 0.05) is 12.4 Å². The summed E-state index contributed by atoms with van der Waals surface area (Å²) >= 11 is 0. The van der Waals surface area contributed by atoms with Crippen molar-refractivity contribution in [1.29, 1.82) is 0 Å². The Bertz CT molecular complexity index is 569. The molecule has 0 atom stereocenters. The van der Waals surface area contributed by atoms with Crippen LogP contribution in [-0.2, 0) is 7.05 Å². The summed E-state index contributed by atoms with van der Waals surface area (Å²) in [5.41, 5.74) is 2.18. The van der Waals surface area contributed by atoms with Crippen molar-refractivity contribution in [3.8, 4) is 5.75 Å². The molecule has 0 aliphatic heterocycles. The summed E-state index contributed by atoms with van der Waals surface area (Å²) in [4.78, 5) is 11.0. The number of aromatic carboxylic acids is 1. The van der Waals surface area contributed by atoms with Gasteiger partial charge in [-0.1, -0.05) is 0 Å². The van der Waals surface area contributed by atoms with Gasteiger partial charge in [-0.05, 0) is 30.7 Å². The van der Waals surface area contributed by atoms with Crippen molar-refractivity contribution in [3.05, 3.63) is 29.5 Å². The molecule has 1 N–H and O–H groups in total. The van der Waals surface area contributed by atoms with E-state index in [1.807, 2.05) is 19.1 Å². The second kappa shape index (κ2) is 3.56. The predicted octanol–water partition coefficient (Wildman–Crippen LogP) is 2.19. The highest BCUT2D eigenvalue weighted by molar-refractivity contribution is 5.97. The third-order valence-electron chi connectivity index (χ3n) is 2.71. The van der Waals surface area contributed by atoms with Gasteiger partial charge in [0.1, 0.15) is 11.4 Å². The van der Waals surface area contributed by atoms with Gasteiger partial charge in [0.25, 0.3) is 0 Å². The van der Waals surface area contributed by atoms with E-state index < -0.39 is 5.97 Å². The predicted molar refractivity (Wildman–Crippen MR) is 61.2 cm³/mol. The van der Waals surface area contributed by atoms with Gasteiger partial charge in [-0.2, -0.15) is 0 Å². The number of carbonyl (C=O) groups is 1. The summed E-state index contributed by atoms with van der Waals surface area (Å²) < 4.78 is 6.91. The van der Waals surface area contributed by atoms with Crippen LogP contribution < -0.4 is 4.74 Å². The van der Waals surface area contributed by atoms with E-state index in [2.05, 4.69) is 0 Å². The fourth-order valence-corrected chi connectivity index (χ4v) is 1.91. The minimum Gasteiger partial charge on any atom is -0.496 e. The molecule has 0 unspecified atom stereocenters. The average molecular weight is 219 g/mol. The SMILES string of the molecule is COc1cc(C)cc2c1cc(C(=O)O)n2C. The number of ether oxygens (including phenoxy) is 1. The summed E-state index contributed by atoms with van der Waals surface area (Å²) in [6.45, 7) is 1.95. The molecule has 4 nitrogen and oxygen atoms in total. The molecule has 0 saturated carbocycles. The average Bonchev–Trinajstić information content (AvgIpc) is 2.55. The first-order chi connectivity index (χ1) is 7.54. The maximum absolute atomic E-state index is 11.0. The Morgan fingerprint density at radius 2 is 2.06 bits per heavy atom. The molecular weight excluding hydrogens is 206 g/mol. The van der Waals surface area contributed by atoms with Crippen LogP contribution in [0.5, 0.6) is 5.75 Å². The lowest BCUT2D eigenvalue weighted by atomic mass is 10.1. The Balaban J connectivity index is 2.85. The Kier molecular flexibility index (Phi) is 2.34. The number of methoxy groups -OCH3 is 1. The van der Waals surface area contributed by atoms with E-state index in [0.717, 1.165) is 16.5 Å². The number of hydrogen-bond acceptors (Lipinski definition) is 2. The summed E-state index contributed by atoms with van der Waals surface area (Å²) in [7, 11) is 3.33. The molecule has 1 aromatic heterocycles. The second-order valence-corrected chi connectivity index (χ2v) is 3.79. The van der Waals surface area contributed by atoms with Crippen LogP contribution in [0.25, 0.3) is 10.9 Å². The van der Waals surface area contributed by atoms with Crippen LogP contribution in [0.4, 0.5) is 0 Å². The van der Waals surface area contributed by atoms with E-state index in [-0.39, 0.29) is 5.69 Å². The summed E-state index contributed by atoms with van der Waals surface area (Å²) in [6.07, 6.45) is 0. The van der Waals surface area contributed by atoms with Crippen LogP contribution in [0.3, 0.4) is 0 Å².